The maximum Gasteiger partial charge on any atom is 0.352 e. The van der Waals surface area contributed by atoms with Crippen LogP contribution in [-0.2, 0) is 13.0 Å². The van der Waals surface area contributed by atoms with Gasteiger partial charge >= 0.3 is 5.97 Å². The molecule has 2 aromatic heterocycles. The number of rotatable bonds is 5. The Bertz CT molecular complexity index is 698. The number of hydrogen-bond acceptors (Lipinski definition) is 3. The van der Waals surface area contributed by atoms with Gasteiger partial charge in [-0.15, -0.1) is 0 Å². The lowest BCUT2D eigenvalue weighted by molar-refractivity contribution is 0.0685. The second kappa shape index (κ2) is 6.44. The summed E-state index contributed by atoms with van der Waals surface area (Å²) in [5.74, 6) is 0.170. The van der Waals surface area contributed by atoms with Crippen LogP contribution in [0.1, 0.15) is 47.1 Å². The standard InChI is InChI=1S/C18H23N3O2/c1-3-21-15(13(2)10-16(21)18(22)23)11-14-6-7-17(19-12-14)20-8-4-5-9-20/h6-7,10,12H,3-5,8-9,11H2,1-2H3,(H,22,23). The molecule has 23 heavy (non-hydrogen) atoms. The third kappa shape index (κ3) is 3.09. The molecule has 3 heterocycles. The van der Waals surface area contributed by atoms with Gasteiger partial charge in [-0.2, -0.15) is 0 Å². The maximum atomic E-state index is 11.4. The Kier molecular flexibility index (Phi) is 4.37. The van der Waals surface area contributed by atoms with Crippen LogP contribution >= 0.6 is 0 Å². The van der Waals surface area contributed by atoms with Gasteiger partial charge in [0.15, 0.2) is 0 Å². The molecule has 1 aliphatic heterocycles. The number of carbonyl (C=O) groups is 1. The number of pyridine rings is 1. The van der Waals surface area contributed by atoms with Gasteiger partial charge in [-0.3, -0.25) is 0 Å². The van der Waals surface area contributed by atoms with E-state index in [4.69, 9.17) is 0 Å². The van der Waals surface area contributed by atoms with Crippen LogP contribution in [0, 0.1) is 6.92 Å². The predicted octanol–water partition coefficient (Wildman–Crippen LogP) is 3.10. The molecule has 1 aliphatic rings. The summed E-state index contributed by atoms with van der Waals surface area (Å²) >= 11 is 0. The molecule has 0 unspecified atom stereocenters. The molecule has 0 saturated carbocycles. The van der Waals surface area contributed by atoms with Crippen molar-refractivity contribution in [2.75, 3.05) is 18.0 Å². The highest BCUT2D eigenvalue weighted by atomic mass is 16.4. The molecule has 0 spiro atoms. The molecule has 122 valence electrons. The lowest BCUT2D eigenvalue weighted by Gasteiger charge is -2.16. The third-order valence-corrected chi connectivity index (χ3v) is 4.57. The number of anilines is 1. The van der Waals surface area contributed by atoms with E-state index in [2.05, 4.69) is 22.0 Å². The molecule has 0 radical (unpaired) electrons. The molecule has 5 heteroatoms. The summed E-state index contributed by atoms with van der Waals surface area (Å²) in [7, 11) is 0. The van der Waals surface area contributed by atoms with E-state index in [0.29, 0.717) is 18.7 Å². The molecule has 0 aliphatic carbocycles. The zero-order valence-electron chi connectivity index (χ0n) is 13.7. The average molecular weight is 313 g/mol. The third-order valence-electron chi connectivity index (χ3n) is 4.57. The number of aromatic carboxylic acids is 1. The van der Waals surface area contributed by atoms with Crippen LogP contribution in [0.15, 0.2) is 24.4 Å². The predicted molar refractivity (Wildman–Crippen MR) is 90.3 cm³/mol. The normalized spacial score (nSPS) is 14.4. The van der Waals surface area contributed by atoms with E-state index >= 15 is 0 Å². The Morgan fingerprint density at radius 2 is 2.04 bits per heavy atom. The Labute approximate surface area is 136 Å². The van der Waals surface area contributed by atoms with Crippen LogP contribution in [0.25, 0.3) is 0 Å². The summed E-state index contributed by atoms with van der Waals surface area (Å²) in [6, 6.07) is 5.94. The lowest BCUT2D eigenvalue weighted by atomic mass is 10.1. The molecule has 0 atom stereocenters. The fraction of sp³-hybridized carbons (Fsp3) is 0.444. The highest BCUT2D eigenvalue weighted by Gasteiger charge is 2.17. The number of carboxylic acid groups (broad SMARTS) is 1. The van der Waals surface area contributed by atoms with E-state index in [1.54, 1.807) is 6.07 Å². The first-order valence-corrected chi connectivity index (χ1v) is 8.22. The van der Waals surface area contributed by atoms with Gasteiger partial charge in [0.05, 0.1) is 0 Å². The Morgan fingerprint density at radius 1 is 1.30 bits per heavy atom. The van der Waals surface area contributed by atoms with E-state index in [1.807, 2.05) is 24.6 Å². The van der Waals surface area contributed by atoms with E-state index in [1.165, 1.54) is 12.8 Å². The quantitative estimate of drug-likeness (QED) is 0.921. The van der Waals surface area contributed by atoms with Crippen molar-refractivity contribution in [2.45, 2.75) is 39.7 Å². The second-order valence-electron chi connectivity index (χ2n) is 6.10. The summed E-state index contributed by atoms with van der Waals surface area (Å²) in [5.41, 5.74) is 3.55. The maximum absolute atomic E-state index is 11.4. The summed E-state index contributed by atoms with van der Waals surface area (Å²) in [6.07, 6.45) is 5.11. The van der Waals surface area contributed by atoms with Crippen molar-refractivity contribution in [1.82, 2.24) is 9.55 Å². The van der Waals surface area contributed by atoms with Gasteiger partial charge < -0.3 is 14.6 Å². The SMILES string of the molecule is CCn1c(C(=O)O)cc(C)c1Cc1ccc(N2CCCC2)nc1. The monoisotopic (exact) mass is 313 g/mol. The van der Waals surface area contributed by atoms with Crippen molar-refractivity contribution >= 4 is 11.8 Å². The van der Waals surface area contributed by atoms with Crippen LogP contribution in [0.3, 0.4) is 0 Å². The molecule has 0 amide bonds. The molecule has 3 rings (SSSR count). The number of hydrogen-bond donors (Lipinski definition) is 1. The van der Waals surface area contributed by atoms with Crippen molar-refractivity contribution in [1.29, 1.82) is 0 Å². The van der Waals surface area contributed by atoms with E-state index < -0.39 is 5.97 Å². The molecule has 2 aromatic rings. The highest BCUT2D eigenvalue weighted by molar-refractivity contribution is 5.86. The van der Waals surface area contributed by atoms with Crippen LogP contribution < -0.4 is 4.90 Å². The summed E-state index contributed by atoms with van der Waals surface area (Å²) in [4.78, 5) is 18.2. The zero-order valence-corrected chi connectivity index (χ0v) is 13.7. The van der Waals surface area contributed by atoms with Crippen LogP contribution in [-0.4, -0.2) is 33.7 Å². The van der Waals surface area contributed by atoms with Gasteiger partial charge in [0.25, 0.3) is 0 Å². The van der Waals surface area contributed by atoms with Crippen LogP contribution in [0.5, 0.6) is 0 Å². The smallest absolute Gasteiger partial charge is 0.352 e. The molecule has 1 saturated heterocycles. The van der Waals surface area contributed by atoms with E-state index in [-0.39, 0.29) is 0 Å². The van der Waals surface area contributed by atoms with Gasteiger partial charge in [0.2, 0.25) is 0 Å². The van der Waals surface area contributed by atoms with Crippen molar-refractivity contribution in [3.8, 4) is 0 Å². The molecule has 5 nitrogen and oxygen atoms in total. The Balaban J connectivity index is 1.83. The van der Waals surface area contributed by atoms with E-state index in [9.17, 15) is 9.90 Å². The van der Waals surface area contributed by atoms with Gasteiger partial charge in [0.1, 0.15) is 11.5 Å². The van der Waals surface area contributed by atoms with Gasteiger partial charge in [0, 0.05) is 37.9 Å². The molecule has 1 N–H and O–H groups in total. The molecular formula is C18H23N3O2. The van der Waals surface area contributed by atoms with Crippen molar-refractivity contribution < 1.29 is 9.90 Å². The van der Waals surface area contributed by atoms with Gasteiger partial charge in [-0.05, 0) is 49.9 Å². The van der Waals surface area contributed by atoms with Crippen LogP contribution in [0.4, 0.5) is 5.82 Å². The molecule has 0 aromatic carbocycles. The highest BCUT2D eigenvalue weighted by Crippen LogP contribution is 2.22. The fourth-order valence-electron chi connectivity index (χ4n) is 3.35. The number of carboxylic acids is 1. The lowest BCUT2D eigenvalue weighted by Crippen LogP contribution is -2.18. The Morgan fingerprint density at radius 3 is 2.61 bits per heavy atom. The first kappa shape index (κ1) is 15.6. The molecular weight excluding hydrogens is 290 g/mol. The number of aryl methyl sites for hydroxylation is 1. The number of aromatic nitrogens is 2. The first-order valence-electron chi connectivity index (χ1n) is 8.22. The van der Waals surface area contributed by atoms with Gasteiger partial charge in [-0.25, -0.2) is 9.78 Å². The summed E-state index contributed by atoms with van der Waals surface area (Å²) in [5, 5.41) is 9.32. The van der Waals surface area contributed by atoms with Crippen molar-refractivity contribution in [3.05, 3.63) is 46.9 Å². The summed E-state index contributed by atoms with van der Waals surface area (Å²) in [6.45, 7) is 6.78. The number of nitrogens with zero attached hydrogens (tertiary/aromatic N) is 3. The first-order chi connectivity index (χ1) is 11.1. The van der Waals surface area contributed by atoms with Crippen molar-refractivity contribution in [3.63, 3.8) is 0 Å². The van der Waals surface area contributed by atoms with E-state index in [0.717, 1.165) is 35.7 Å². The average Bonchev–Trinajstić information content (AvgIpc) is 3.17. The van der Waals surface area contributed by atoms with Crippen LogP contribution in [0.2, 0.25) is 0 Å². The largest absolute Gasteiger partial charge is 0.477 e. The topological polar surface area (TPSA) is 58.4 Å². The Hall–Kier alpha value is -2.30. The molecule has 1 fully saturated rings. The van der Waals surface area contributed by atoms with Crippen molar-refractivity contribution in [2.24, 2.45) is 0 Å². The minimum absolute atomic E-state index is 0.363. The second-order valence-corrected chi connectivity index (χ2v) is 6.10. The van der Waals surface area contributed by atoms with Gasteiger partial charge in [-0.1, -0.05) is 6.07 Å². The summed E-state index contributed by atoms with van der Waals surface area (Å²) < 4.78 is 1.88. The fourth-order valence-corrected chi connectivity index (χ4v) is 3.35. The minimum Gasteiger partial charge on any atom is -0.477 e. The minimum atomic E-state index is -0.872. The molecule has 0 bridgehead atoms. The zero-order chi connectivity index (χ0) is 16.4.